The molecule has 2 rings (SSSR count). The van der Waals surface area contributed by atoms with Crippen LogP contribution in [0.1, 0.15) is 40.5 Å². The van der Waals surface area contributed by atoms with Gasteiger partial charge in [0.15, 0.2) is 6.29 Å². The third-order valence-corrected chi connectivity index (χ3v) is 5.93. The molecule has 9 nitrogen and oxygen atoms in total. The molecule has 9 atom stereocenters. The summed E-state index contributed by atoms with van der Waals surface area (Å²) in [6, 6.07) is 0. The summed E-state index contributed by atoms with van der Waals surface area (Å²) in [6.07, 6.45) is 0.782. The number of aliphatic hydroxyl groups is 5. The largest absolute Gasteiger partial charge is 0.459 e. The van der Waals surface area contributed by atoms with E-state index in [0.717, 1.165) is 12.0 Å². The van der Waals surface area contributed by atoms with Crippen LogP contribution in [0.5, 0.6) is 0 Å². The Morgan fingerprint density at radius 1 is 1.16 bits per heavy atom. The zero-order valence-corrected chi connectivity index (χ0v) is 19.0. The minimum atomic E-state index is -1.56. The maximum Gasteiger partial charge on any atom is 0.330 e. The molecule has 2 aliphatic heterocycles. The van der Waals surface area contributed by atoms with E-state index in [1.165, 1.54) is 25.2 Å². The lowest BCUT2D eigenvalue weighted by Crippen LogP contribution is -2.59. The highest BCUT2D eigenvalue weighted by molar-refractivity contribution is 5.82. The molecule has 32 heavy (non-hydrogen) atoms. The van der Waals surface area contributed by atoms with E-state index in [-0.39, 0.29) is 12.0 Å². The standard InChI is InChI=1S/C23H36O9/c1-13-6-5-7-14(2)16(8-10-23(4,29)11-9-18(25)30-15(13)3)31-22-21(28)20(27)19(26)17(12-24)32-22/h7-11,13,15-17,19-22,24,26-29H,5-6,12H2,1-4H3/b10-8+,11-9+,14-7+/t13-,15+,16-,17+,19+,20-,21+,22-,23+/m0/s1. The van der Waals surface area contributed by atoms with Crippen LogP contribution in [0, 0.1) is 5.92 Å². The second kappa shape index (κ2) is 11.5. The molecule has 0 saturated carbocycles. The van der Waals surface area contributed by atoms with Gasteiger partial charge in [0.05, 0.1) is 18.3 Å². The highest BCUT2D eigenvalue weighted by Gasteiger charge is 2.44. The van der Waals surface area contributed by atoms with E-state index in [4.69, 9.17) is 14.2 Å². The lowest BCUT2D eigenvalue weighted by atomic mass is 9.97. The fourth-order valence-corrected chi connectivity index (χ4v) is 3.47. The van der Waals surface area contributed by atoms with E-state index in [9.17, 15) is 30.3 Å². The number of ether oxygens (including phenoxy) is 3. The predicted octanol–water partition coefficient (Wildman–Crippen LogP) is 0.343. The number of cyclic esters (lactones) is 1. The molecule has 1 fully saturated rings. The summed E-state index contributed by atoms with van der Waals surface area (Å²) < 4.78 is 16.7. The number of carbonyl (C=O) groups is 1. The number of carbonyl (C=O) groups excluding carboxylic acids is 1. The van der Waals surface area contributed by atoms with Crippen molar-refractivity contribution in [2.24, 2.45) is 5.92 Å². The van der Waals surface area contributed by atoms with Crippen LogP contribution in [0.25, 0.3) is 0 Å². The summed E-state index contributed by atoms with van der Waals surface area (Å²) in [5.74, 6) is -0.448. The molecule has 0 aromatic carbocycles. The molecular weight excluding hydrogens is 420 g/mol. The molecule has 0 spiro atoms. The van der Waals surface area contributed by atoms with Crippen molar-refractivity contribution >= 4 is 5.97 Å². The molecule has 182 valence electrons. The molecule has 0 aromatic rings. The second-order valence-corrected chi connectivity index (χ2v) is 8.82. The summed E-state index contributed by atoms with van der Waals surface area (Å²) in [5, 5.41) is 50.3. The molecule has 0 radical (unpaired) electrons. The molecule has 9 heteroatoms. The fraction of sp³-hybridized carbons (Fsp3) is 0.696. The summed E-state index contributed by atoms with van der Waals surface area (Å²) in [6.45, 7) is 6.54. The number of rotatable bonds is 3. The Balaban J connectivity index is 2.30. The first-order valence-corrected chi connectivity index (χ1v) is 10.9. The van der Waals surface area contributed by atoms with Crippen molar-refractivity contribution in [3.05, 3.63) is 36.0 Å². The predicted molar refractivity (Wildman–Crippen MR) is 115 cm³/mol. The van der Waals surface area contributed by atoms with E-state index in [2.05, 4.69) is 0 Å². The average molecular weight is 457 g/mol. The zero-order chi connectivity index (χ0) is 24.1. The van der Waals surface area contributed by atoms with Crippen LogP contribution in [-0.4, -0.2) is 86.6 Å². The van der Waals surface area contributed by atoms with Gasteiger partial charge in [-0.3, -0.25) is 0 Å². The Bertz CT molecular complexity index is 712. The molecule has 0 aromatic heterocycles. The number of allylic oxidation sites excluding steroid dienone is 1. The molecular formula is C23H36O9. The van der Waals surface area contributed by atoms with Crippen LogP contribution >= 0.6 is 0 Å². The highest BCUT2D eigenvalue weighted by atomic mass is 16.7. The van der Waals surface area contributed by atoms with Gasteiger partial charge in [0.25, 0.3) is 0 Å². The Hall–Kier alpha value is -1.59. The lowest BCUT2D eigenvalue weighted by Gasteiger charge is -2.40. The quantitative estimate of drug-likeness (QED) is 0.300. The number of aliphatic hydroxyl groups excluding tert-OH is 4. The maximum absolute atomic E-state index is 12.0. The number of hydrogen-bond acceptors (Lipinski definition) is 9. The molecule has 2 heterocycles. The molecule has 0 unspecified atom stereocenters. The van der Waals surface area contributed by atoms with Gasteiger partial charge in [-0.15, -0.1) is 0 Å². The van der Waals surface area contributed by atoms with Gasteiger partial charge in [0.1, 0.15) is 30.5 Å². The highest BCUT2D eigenvalue weighted by Crippen LogP contribution is 2.26. The van der Waals surface area contributed by atoms with Crippen LogP contribution in [0.3, 0.4) is 0 Å². The van der Waals surface area contributed by atoms with Crippen molar-refractivity contribution in [2.75, 3.05) is 6.61 Å². The molecule has 2 aliphatic rings. The lowest BCUT2D eigenvalue weighted by molar-refractivity contribution is -0.305. The first kappa shape index (κ1) is 26.7. The molecule has 0 amide bonds. The summed E-state index contributed by atoms with van der Waals surface area (Å²) >= 11 is 0. The van der Waals surface area contributed by atoms with E-state index >= 15 is 0 Å². The van der Waals surface area contributed by atoms with Gasteiger partial charge < -0.3 is 39.7 Å². The third kappa shape index (κ3) is 7.21. The Kier molecular flexibility index (Phi) is 9.59. The minimum Gasteiger partial charge on any atom is -0.459 e. The van der Waals surface area contributed by atoms with Crippen molar-refractivity contribution in [2.45, 2.75) is 89.1 Å². The van der Waals surface area contributed by atoms with Crippen molar-refractivity contribution in [1.82, 2.24) is 0 Å². The SMILES string of the molecule is C/C1=C\CC[C@H](C)[C@@H](C)OC(=O)/C=C/[C@](C)(O)/C=C/[C@@H]1O[C@H]1O[C@H](CO)[C@@H](O)[C@H](O)[C@H]1O. The van der Waals surface area contributed by atoms with Crippen molar-refractivity contribution < 1.29 is 44.5 Å². The minimum absolute atomic E-state index is 0.0974. The van der Waals surface area contributed by atoms with Gasteiger partial charge in [-0.2, -0.15) is 0 Å². The topological polar surface area (TPSA) is 146 Å². The van der Waals surface area contributed by atoms with E-state index < -0.39 is 55.0 Å². The van der Waals surface area contributed by atoms with Crippen LogP contribution in [0.4, 0.5) is 0 Å². The van der Waals surface area contributed by atoms with Crippen LogP contribution in [-0.2, 0) is 19.0 Å². The van der Waals surface area contributed by atoms with E-state index in [1.54, 1.807) is 6.08 Å². The number of hydrogen-bond donors (Lipinski definition) is 5. The molecule has 1 saturated heterocycles. The Morgan fingerprint density at radius 2 is 1.84 bits per heavy atom. The fourth-order valence-electron chi connectivity index (χ4n) is 3.47. The number of esters is 1. The van der Waals surface area contributed by atoms with Crippen molar-refractivity contribution in [3.8, 4) is 0 Å². The summed E-state index contributed by atoms with van der Waals surface area (Å²) in [5.41, 5.74) is -0.721. The van der Waals surface area contributed by atoms with Crippen LogP contribution < -0.4 is 0 Å². The Labute approximate surface area is 188 Å². The normalized spacial score (nSPS) is 45.8. The van der Waals surface area contributed by atoms with E-state index in [0.29, 0.717) is 6.42 Å². The van der Waals surface area contributed by atoms with Gasteiger partial charge in [-0.05, 0) is 51.2 Å². The zero-order valence-electron chi connectivity index (χ0n) is 19.0. The summed E-state index contributed by atoms with van der Waals surface area (Å²) in [4.78, 5) is 12.0. The smallest absolute Gasteiger partial charge is 0.330 e. The first-order chi connectivity index (χ1) is 14.9. The van der Waals surface area contributed by atoms with E-state index in [1.807, 2.05) is 26.8 Å². The Morgan fingerprint density at radius 3 is 2.50 bits per heavy atom. The molecule has 0 aliphatic carbocycles. The van der Waals surface area contributed by atoms with Gasteiger partial charge in [0, 0.05) is 6.08 Å². The van der Waals surface area contributed by atoms with Gasteiger partial charge in [0.2, 0.25) is 0 Å². The van der Waals surface area contributed by atoms with Crippen molar-refractivity contribution in [3.63, 3.8) is 0 Å². The first-order valence-electron chi connectivity index (χ1n) is 10.9. The van der Waals surface area contributed by atoms with Crippen molar-refractivity contribution in [1.29, 1.82) is 0 Å². The second-order valence-electron chi connectivity index (χ2n) is 8.82. The molecule has 5 N–H and O–H groups in total. The summed E-state index contributed by atoms with van der Waals surface area (Å²) in [7, 11) is 0. The van der Waals surface area contributed by atoms with Crippen LogP contribution in [0.15, 0.2) is 36.0 Å². The van der Waals surface area contributed by atoms with Gasteiger partial charge in [-0.25, -0.2) is 4.79 Å². The van der Waals surface area contributed by atoms with Gasteiger partial charge in [-0.1, -0.05) is 25.2 Å². The monoisotopic (exact) mass is 456 g/mol. The third-order valence-electron chi connectivity index (χ3n) is 5.93. The van der Waals surface area contributed by atoms with Gasteiger partial charge >= 0.3 is 5.97 Å². The maximum atomic E-state index is 12.0. The van der Waals surface area contributed by atoms with Crippen LogP contribution in [0.2, 0.25) is 0 Å². The average Bonchev–Trinajstić information content (AvgIpc) is 2.74. The molecule has 0 bridgehead atoms.